The molecule has 0 atom stereocenters. The van der Waals surface area contributed by atoms with Crippen molar-refractivity contribution in [2.24, 2.45) is 7.05 Å². The molecule has 0 bridgehead atoms. The van der Waals surface area contributed by atoms with E-state index in [9.17, 15) is 4.79 Å². The summed E-state index contributed by atoms with van der Waals surface area (Å²) in [4.78, 5) is 12.4. The van der Waals surface area contributed by atoms with E-state index in [1.165, 1.54) is 0 Å². The summed E-state index contributed by atoms with van der Waals surface area (Å²) < 4.78 is 7.36. The fourth-order valence-corrected chi connectivity index (χ4v) is 2.32. The van der Waals surface area contributed by atoms with Crippen molar-refractivity contribution >= 4 is 5.97 Å². The molecule has 0 spiro atoms. The molecule has 0 saturated heterocycles. The largest absolute Gasteiger partial charge is 0.455 e. The molecule has 0 fully saturated rings. The SMILES string of the molecule is Cc1cn(C)c(C(=O)OC(C)(C)C)c1-c1ccccc1. The lowest BCUT2D eigenvalue weighted by molar-refractivity contribution is 0.00600. The Balaban J connectivity index is 2.52. The van der Waals surface area contributed by atoms with Crippen LogP contribution in [0.5, 0.6) is 0 Å². The minimum absolute atomic E-state index is 0.285. The van der Waals surface area contributed by atoms with Gasteiger partial charge in [-0.15, -0.1) is 0 Å². The van der Waals surface area contributed by atoms with Crippen LogP contribution < -0.4 is 0 Å². The third-order valence-electron chi connectivity index (χ3n) is 3.03. The van der Waals surface area contributed by atoms with Gasteiger partial charge in [0.1, 0.15) is 11.3 Å². The Labute approximate surface area is 120 Å². The molecule has 3 heteroatoms. The van der Waals surface area contributed by atoms with Gasteiger partial charge in [-0.2, -0.15) is 0 Å². The molecule has 2 aromatic rings. The number of carbonyl (C=O) groups excluding carboxylic acids is 1. The van der Waals surface area contributed by atoms with Crippen LogP contribution in [-0.4, -0.2) is 16.1 Å². The van der Waals surface area contributed by atoms with E-state index in [2.05, 4.69) is 0 Å². The highest BCUT2D eigenvalue weighted by Crippen LogP contribution is 2.30. The van der Waals surface area contributed by atoms with E-state index in [1.807, 2.05) is 75.8 Å². The van der Waals surface area contributed by atoms with E-state index in [-0.39, 0.29) is 5.97 Å². The molecule has 0 aliphatic heterocycles. The number of carbonyl (C=O) groups is 1. The molecule has 1 aromatic carbocycles. The minimum atomic E-state index is -0.497. The molecule has 0 saturated carbocycles. The van der Waals surface area contributed by atoms with Gasteiger partial charge in [-0.3, -0.25) is 0 Å². The summed E-state index contributed by atoms with van der Waals surface area (Å²) in [6, 6.07) is 9.93. The van der Waals surface area contributed by atoms with Crippen molar-refractivity contribution < 1.29 is 9.53 Å². The second kappa shape index (κ2) is 5.16. The number of nitrogens with zero attached hydrogens (tertiary/aromatic N) is 1. The van der Waals surface area contributed by atoms with Crippen molar-refractivity contribution in [1.82, 2.24) is 4.57 Å². The fraction of sp³-hybridized carbons (Fsp3) is 0.353. The van der Waals surface area contributed by atoms with Gasteiger partial charge in [0, 0.05) is 18.8 Å². The Morgan fingerprint density at radius 1 is 1.15 bits per heavy atom. The number of hydrogen-bond acceptors (Lipinski definition) is 2. The van der Waals surface area contributed by atoms with Crippen molar-refractivity contribution in [2.75, 3.05) is 0 Å². The zero-order valence-electron chi connectivity index (χ0n) is 12.7. The molecule has 0 unspecified atom stereocenters. The van der Waals surface area contributed by atoms with E-state index in [1.54, 1.807) is 0 Å². The molecule has 20 heavy (non-hydrogen) atoms. The molecule has 2 rings (SSSR count). The summed E-state index contributed by atoms with van der Waals surface area (Å²) in [7, 11) is 1.87. The number of esters is 1. The van der Waals surface area contributed by atoms with Crippen LogP contribution in [0.4, 0.5) is 0 Å². The highest BCUT2D eigenvalue weighted by atomic mass is 16.6. The first-order chi connectivity index (χ1) is 9.29. The van der Waals surface area contributed by atoms with E-state index in [0.717, 1.165) is 16.7 Å². The molecule has 1 aromatic heterocycles. The summed E-state index contributed by atoms with van der Waals surface area (Å²) in [5, 5.41) is 0. The molecular weight excluding hydrogens is 250 g/mol. The van der Waals surface area contributed by atoms with Crippen LogP contribution in [0.1, 0.15) is 36.8 Å². The zero-order chi connectivity index (χ0) is 14.9. The number of rotatable bonds is 2. The van der Waals surface area contributed by atoms with Crippen molar-refractivity contribution in [3.63, 3.8) is 0 Å². The van der Waals surface area contributed by atoms with Gasteiger partial charge in [-0.25, -0.2) is 4.79 Å². The lowest BCUT2D eigenvalue weighted by atomic mass is 10.0. The summed E-state index contributed by atoms with van der Waals surface area (Å²) in [5.41, 5.74) is 3.15. The van der Waals surface area contributed by atoms with Gasteiger partial charge in [-0.05, 0) is 38.8 Å². The van der Waals surface area contributed by atoms with Crippen molar-refractivity contribution in [3.8, 4) is 11.1 Å². The number of benzene rings is 1. The molecule has 3 nitrogen and oxygen atoms in total. The van der Waals surface area contributed by atoms with Gasteiger partial charge >= 0.3 is 5.97 Å². The van der Waals surface area contributed by atoms with Crippen molar-refractivity contribution in [3.05, 3.63) is 47.8 Å². The average Bonchev–Trinajstić information content (AvgIpc) is 2.63. The van der Waals surface area contributed by atoms with Gasteiger partial charge in [-0.1, -0.05) is 30.3 Å². The minimum Gasteiger partial charge on any atom is -0.455 e. The zero-order valence-corrected chi connectivity index (χ0v) is 12.7. The summed E-state index contributed by atoms with van der Waals surface area (Å²) in [6.07, 6.45) is 1.96. The maximum Gasteiger partial charge on any atom is 0.356 e. The Morgan fingerprint density at radius 3 is 2.30 bits per heavy atom. The summed E-state index contributed by atoms with van der Waals surface area (Å²) in [5.74, 6) is -0.285. The summed E-state index contributed by atoms with van der Waals surface area (Å²) in [6.45, 7) is 7.64. The fourth-order valence-electron chi connectivity index (χ4n) is 2.32. The van der Waals surface area contributed by atoms with Crippen LogP contribution in [0.3, 0.4) is 0 Å². The molecule has 0 aliphatic rings. The topological polar surface area (TPSA) is 31.2 Å². The smallest absolute Gasteiger partial charge is 0.356 e. The molecule has 106 valence electrons. The van der Waals surface area contributed by atoms with E-state index >= 15 is 0 Å². The first kappa shape index (κ1) is 14.4. The monoisotopic (exact) mass is 271 g/mol. The van der Waals surface area contributed by atoms with Crippen LogP contribution in [0.25, 0.3) is 11.1 Å². The van der Waals surface area contributed by atoms with Crippen LogP contribution in [0, 0.1) is 6.92 Å². The highest BCUT2D eigenvalue weighted by molar-refractivity contribution is 5.97. The van der Waals surface area contributed by atoms with E-state index in [4.69, 9.17) is 4.74 Å². The molecule has 0 aliphatic carbocycles. The first-order valence-corrected chi connectivity index (χ1v) is 6.74. The van der Waals surface area contributed by atoms with Crippen molar-refractivity contribution in [1.29, 1.82) is 0 Å². The number of ether oxygens (including phenoxy) is 1. The van der Waals surface area contributed by atoms with Gasteiger partial charge in [0.15, 0.2) is 0 Å². The van der Waals surface area contributed by atoms with E-state index in [0.29, 0.717) is 5.69 Å². The Bertz CT molecular complexity index is 618. The van der Waals surface area contributed by atoms with Crippen LogP contribution >= 0.6 is 0 Å². The van der Waals surface area contributed by atoms with Gasteiger partial charge in [0.05, 0.1) is 0 Å². The maximum absolute atomic E-state index is 12.4. The molecule has 1 heterocycles. The van der Waals surface area contributed by atoms with Crippen LogP contribution in [0.2, 0.25) is 0 Å². The lowest BCUT2D eigenvalue weighted by Gasteiger charge is -2.20. The molecule has 0 radical (unpaired) electrons. The third-order valence-corrected chi connectivity index (χ3v) is 3.03. The Hall–Kier alpha value is -2.03. The quantitative estimate of drug-likeness (QED) is 0.774. The van der Waals surface area contributed by atoms with Crippen molar-refractivity contribution in [2.45, 2.75) is 33.3 Å². The van der Waals surface area contributed by atoms with Crippen LogP contribution in [0.15, 0.2) is 36.5 Å². The molecule has 0 amide bonds. The normalized spacial score (nSPS) is 11.4. The Kier molecular flexibility index (Phi) is 3.71. The third kappa shape index (κ3) is 2.93. The Morgan fingerprint density at radius 2 is 1.75 bits per heavy atom. The van der Waals surface area contributed by atoms with Gasteiger partial charge in [0.2, 0.25) is 0 Å². The molecule has 0 N–H and O–H groups in total. The molecular formula is C17H21NO2. The van der Waals surface area contributed by atoms with Gasteiger partial charge < -0.3 is 9.30 Å². The lowest BCUT2D eigenvalue weighted by Crippen LogP contribution is -2.25. The van der Waals surface area contributed by atoms with E-state index < -0.39 is 5.60 Å². The predicted molar refractivity (Wildman–Crippen MR) is 80.8 cm³/mol. The van der Waals surface area contributed by atoms with Gasteiger partial charge in [0.25, 0.3) is 0 Å². The summed E-state index contributed by atoms with van der Waals surface area (Å²) >= 11 is 0. The standard InChI is InChI=1S/C17H21NO2/c1-12-11-18(5)15(16(19)20-17(2,3)4)14(12)13-9-7-6-8-10-13/h6-11H,1-5H3. The predicted octanol–water partition coefficient (Wildman–Crippen LogP) is 3.96. The number of aromatic nitrogens is 1. The maximum atomic E-state index is 12.4. The van der Waals surface area contributed by atoms with Crippen LogP contribution in [-0.2, 0) is 11.8 Å². The number of aryl methyl sites for hydroxylation is 2. The highest BCUT2D eigenvalue weighted by Gasteiger charge is 2.25. The first-order valence-electron chi connectivity index (χ1n) is 6.74. The second-order valence-electron chi connectivity index (χ2n) is 6.01. The second-order valence-corrected chi connectivity index (χ2v) is 6.01. The number of hydrogen-bond donors (Lipinski definition) is 0. The average molecular weight is 271 g/mol.